The molecule has 0 saturated carbocycles. The third-order valence-electron chi connectivity index (χ3n) is 9.42. The molecule has 0 aromatic heterocycles. The summed E-state index contributed by atoms with van der Waals surface area (Å²) < 4.78 is 72.2. The van der Waals surface area contributed by atoms with E-state index in [9.17, 15) is 18.3 Å². The maximum Gasteiger partial charge on any atom is 0.525 e. The monoisotopic (exact) mass is 623 g/mol. The summed E-state index contributed by atoms with van der Waals surface area (Å²) in [7, 11) is -14.4. The second-order valence-electron chi connectivity index (χ2n) is 10.8. The lowest BCUT2D eigenvalue weighted by atomic mass is 10.1. The van der Waals surface area contributed by atoms with E-state index in [1.807, 2.05) is 62.3 Å². The van der Waals surface area contributed by atoms with Gasteiger partial charge in [-0.1, -0.05) is 83.1 Å². The Hall–Kier alpha value is 0.680. The summed E-state index contributed by atoms with van der Waals surface area (Å²) in [5.74, 6) is 0. The fourth-order valence-corrected chi connectivity index (χ4v) is 13.7. The van der Waals surface area contributed by atoms with Crippen molar-refractivity contribution < 1.29 is 32.1 Å². The van der Waals surface area contributed by atoms with Gasteiger partial charge in [0.1, 0.15) is 0 Å². The molecular formula is C24H57N3O7P4. The molecule has 0 radical (unpaired) electrons. The van der Waals surface area contributed by atoms with Gasteiger partial charge in [0.05, 0.1) is 0 Å². The molecule has 0 fully saturated rings. The van der Waals surface area contributed by atoms with E-state index in [1.54, 1.807) is 20.8 Å². The van der Waals surface area contributed by atoms with E-state index in [2.05, 4.69) is 15.8 Å². The predicted molar refractivity (Wildman–Crippen MR) is 162 cm³/mol. The molecule has 0 aliphatic rings. The summed E-state index contributed by atoms with van der Waals surface area (Å²) in [6.07, 6.45) is 4.29. The Morgan fingerprint density at radius 3 is 0.763 bits per heavy atom. The van der Waals surface area contributed by atoms with Crippen LogP contribution in [0.3, 0.4) is 0 Å². The number of rotatable bonds is 21. The van der Waals surface area contributed by atoms with E-state index < -0.39 is 45.2 Å². The zero-order chi connectivity index (χ0) is 30.1. The molecule has 0 bridgehead atoms. The van der Waals surface area contributed by atoms with Crippen molar-refractivity contribution in [2.24, 2.45) is 0 Å². The Kier molecular flexibility index (Phi) is 15.5. The highest BCUT2D eigenvalue weighted by atomic mass is 31.2. The molecule has 0 aromatic rings. The number of hydrogen-bond donors (Lipinski definition) is 3. The maximum atomic E-state index is 14.0. The molecule has 0 saturated heterocycles. The first kappa shape index (κ1) is 38.7. The Balaban J connectivity index is 6.42. The van der Waals surface area contributed by atoms with E-state index >= 15 is 0 Å². The van der Waals surface area contributed by atoms with Crippen molar-refractivity contribution in [2.45, 2.75) is 137 Å². The van der Waals surface area contributed by atoms with Crippen LogP contribution in [0.2, 0.25) is 0 Å². The van der Waals surface area contributed by atoms with Crippen molar-refractivity contribution in [3.05, 3.63) is 0 Å². The average molecular weight is 624 g/mol. The zero-order valence-electron chi connectivity index (χ0n) is 26.0. The van der Waals surface area contributed by atoms with Crippen molar-refractivity contribution in [2.75, 3.05) is 18.5 Å². The zero-order valence-corrected chi connectivity index (χ0v) is 29.6. The topological polar surface area (TPSA) is 132 Å². The molecule has 3 atom stereocenters. The first-order valence-corrected chi connectivity index (χ1v) is 21.3. The molecule has 0 heterocycles. The van der Waals surface area contributed by atoms with Gasteiger partial charge in [-0.2, -0.15) is 13.9 Å². The largest absolute Gasteiger partial charge is 0.525 e. The molecule has 10 nitrogen and oxygen atoms in total. The number of nitrogens with one attached hydrogen (secondary N) is 3. The smallest absolute Gasteiger partial charge is 0.304 e. The molecule has 14 heteroatoms. The van der Waals surface area contributed by atoms with Crippen LogP contribution in [0, 0.1) is 0 Å². The molecule has 0 spiro atoms. The Morgan fingerprint density at radius 1 is 0.447 bits per heavy atom. The summed E-state index contributed by atoms with van der Waals surface area (Å²) >= 11 is 0. The van der Waals surface area contributed by atoms with Crippen LogP contribution in [-0.4, -0.2) is 34.0 Å². The van der Waals surface area contributed by atoms with E-state index in [0.29, 0.717) is 38.5 Å². The standard InChI is InChI=1S/C24H57N3O7P4/c1-13-22(10,14-2)35(28,19-7)25-32-38(31,33-26-36(29,20-8)23(11,15-3)16-4)34-27-37(30,21-9)24(12,17-5)18-6/h13-21H2,1-12H3,(H,25,28)(H,26,29)(H,27,30). The van der Waals surface area contributed by atoms with E-state index in [-0.39, 0.29) is 18.5 Å². The fraction of sp³-hybridized carbons (Fsp3) is 1.00. The van der Waals surface area contributed by atoms with Crippen LogP contribution >= 0.6 is 29.7 Å². The van der Waals surface area contributed by atoms with Gasteiger partial charge in [0.15, 0.2) is 21.9 Å². The van der Waals surface area contributed by atoms with Gasteiger partial charge in [0.25, 0.3) is 0 Å². The Labute approximate surface area is 233 Å². The third-order valence-corrected chi connectivity index (χ3v) is 21.8. The van der Waals surface area contributed by atoms with Crippen molar-refractivity contribution in [1.82, 2.24) is 15.8 Å². The van der Waals surface area contributed by atoms with Crippen molar-refractivity contribution in [1.29, 1.82) is 0 Å². The maximum absolute atomic E-state index is 14.0. The van der Waals surface area contributed by atoms with Crippen molar-refractivity contribution in [3.8, 4) is 0 Å². The minimum Gasteiger partial charge on any atom is -0.304 e. The molecule has 38 heavy (non-hydrogen) atoms. The second-order valence-corrected chi connectivity index (χ2v) is 22.3. The Bertz CT molecular complexity index is 805. The molecule has 0 amide bonds. The summed E-state index contributed by atoms with van der Waals surface area (Å²) in [4.78, 5) is 0. The lowest BCUT2D eigenvalue weighted by molar-refractivity contribution is 0.0647. The predicted octanol–water partition coefficient (Wildman–Crippen LogP) is 9.29. The molecule has 0 rings (SSSR count). The first-order chi connectivity index (χ1) is 17.4. The molecule has 3 N–H and O–H groups in total. The van der Waals surface area contributed by atoms with E-state index in [0.717, 1.165) is 0 Å². The minimum atomic E-state index is -4.67. The average Bonchev–Trinajstić information content (AvgIpc) is 2.95. The summed E-state index contributed by atoms with van der Waals surface area (Å²) in [6.45, 7) is 22.6. The second kappa shape index (κ2) is 15.2. The van der Waals surface area contributed by atoms with Gasteiger partial charge < -0.3 is 13.7 Å². The van der Waals surface area contributed by atoms with Crippen LogP contribution in [0.25, 0.3) is 0 Å². The highest BCUT2D eigenvalue weighted by Crippen LogP contribution is 2.65. The van der Waals surface area contributed by atoms with Gasteiger partial charge in [0, 0.05) is 34.0 Å². The highest BCUT2D eigenvalue weighted by Gasteiger charge is 2.48. The number of hydrogen-bond acceptors (Lipinski definition) is 7. The van der Waals surface area contributed by atoms with Crippen LogP contribution in [0.5, 0.6) is 0 Å². The molecular weight excluding hydrogens is 566 g/mol. The lowest BCUT2D eigenvalue weighted by Crippen LogP contribution is -2.35. The highest BCUT2D eigenvalue weighted by molar-refractivity contribution is 7.65. The lowest BCUT2D eigenvalue weighted by Gasteiger charge is -2.38. The molecule has 0 aliphatic heterocycles. The van der Waals surface area contributed by atoms with Crippen LogP contribution in [-0.2, 0) is 32.1 Å². The van der Waals surface area contributed by atoms with Crippen molar-refractivity contribution >= 4 is 29.7 Å². The quantitative estimate of drug-likeness (QED) is 0.0839. The van der Waals surface area contributed by atoms with Gasteiger partial charge in [-0.3, -0.25) is 0 Å². The van der Waals surface area contributed by atoms with Gasteiger partial charge in [-0.25, -0.2) is 4.57 Å². The molecule has 3 unspecified atom stereocenters. The summed E-state index contributed by atoms with van der Waals surface area (Å²) in [5, 5.41) is 5.78. The van der Waals surface area contributed by atoms with E-state index in [4.69, 9.17) is 13.9 Å². The van der Waals surface area contributed by atoms with Crippen LogP contribution in [0.15, 0.2) is 0 Å². The van der Waals surface area contributed by atoms with Crippen LogP contribution in [0.4, 0.5) is 0 Å². The minimum absolute atomic E-state index is 0.237. The number of phosphoric acid groups is 1. The first-order valence-electron chi connectivity index (χ1n) is 14.2. The van der Waals surface area contributed by atoms with Gasteiger partial charge in [-0.15, -0.1) is 15.8 Å². The normalized spacial score (nSPS) is 19.8. The fourth-order valence-electron chi connectivity index (χ4n) is 4.36. The molecule has 0 aliphatic carbocycles. The SMILES string of the molecule is CCC(C)(CC)P(=O)(CC)NOP(=O)(ONP(=O)(CC)C(C)(CC)CC)ONP(=O)(CC)C(C)(CC)CC. The summed E-state index contributed by atoms with van der Waals surface area (Å²) in [5.41, 5.74) is 0. The van der Waals surface area contributed by atoms with Gasteiger partial charge >= 0.3 is 7.82 Å². The third kappa shape index (κ3) is 8.15. The van der Waals surface area contributed by atoms with Crippen LogP contribution < -0.4 is 15.8 Å². The van der Waals surface area contributed by atoms with Gasteiger partial charge in [-0.05, 0) is 38.5 Å². The Morgan fingerprint density at radius 2 is 0.632 bits per heavy atom. The van der Waals surface area contributed by atoms with Crippen LogP contribution in [0.1, 0.15) is 122 Å². The van der Waals surface area contributed by atoms with Crippen molar-refractivity contribution in [3.63, 3.8) is 0 Å². The molecule has 230 valence electrons. The molecule has 0 aromatic carbocycles. The van der Waals surface area contributed by atoms with E-state index in [1.165, 1.54) is 0 Å². The van der Waals surface area contributed by atoms with Gasteiger partial charge in [0.2, 0.25) is 0 Å². The summed E-state index contributed by atoms with van der Waals surface area (Å²) in [6, 6.07) is 0.